The molecule has 2 aliphatic heterocycles. The molecule has 2 fully saturated rings. The topological polar surface area (TPSA) is 36.4 Å². The van der Waals surface area contributed by atoms with Gasteiger partial charge in [-0.25, -0.2) is 0 Å². The second kappa shape index (κ2) is 9.05. The van der Waals surface area contributed by atoms with E-state index in [1.807, 2.05) is 37.1 Å². The molecule has 0 spiro atoms. The lowest BCUT2D eigenvalue weighted by Crippen LogP contribution is -2.35. The predicted molar refractivity (Wildman–Crippen MR) is 141 cm³/mol. The van der Waals surface area contributed by atoms with E-state index in [2.05, 4.69) is 42.2 Å². The van der Waals surface area contributed by atoms with Gasteiger partial charge in [0, 0.05) is 48.9 Å². The van der Waals surface area contributed by atoms with Gasteiger partial charge in [0.25, 0.3) is 5.91 Å². The van der Waals surface area contributed by atoms with Crippen LogP contribution in [0.2, 0.25) is 0 Å². The number of carbonyl (C=O) groups excluding carboxylic acids is 1. The van der Waals surface area contributed by atoms with Crippen molar-refractivity contribution in [1.29, 1.82) is 0 Å². The van der Waals surface area contributed by atoms with Crippen molar-refractivity contribution >= 4 is 16.8 Å². The first-order valence-corrected chi connectivity index (χ1v) is 13.5. The Hall–Kier alpha value is -2.72. The number of nitrogens with zero attached hydrogens (tertiary/aromatic N) is 3. The van der Waals surface area contributed by atoms with E-state index in [9.17, 15) is 4.79 Å². The van der Waals surface area contributed by atoms with Gasteiger partial charge < -0.3 is 4.90 Å². The molecule has 1 aromatic heterocycles. The summed E-state index contributed by atoms with van der Waals surface area (Å²) in [7, 11) is 1.97. The molecule has 1 aliphatic carbocycles. The average Bonchev–Trinajstić information content (AvgIpc) is 3.41. The Morgan fingerprint density at radius 3 is 2.23 bits per heavy atom. The number of hydrogen-bond acceptors (Lipinski definition) is 3. The van der Waals surface area contributed by atoms with Crippen molar-refractivity contribution in [2.45, 2.75) is 64.5 Å². The molecule has 4 heteroatoms. The van der Waals surface area contributed by atoms with Gasteiger partial charge in [0.2, 0.25) is 0 Å². The van der Waals surface area contributed by atoms with Crippen LogP contribution in [0.3, 0.4) is 0 Å². The summed E-state index contributed by atoms with van der Waals surface area (Å²) in [5, 5.41) is 0.970. The minimum absolute atomic E-state index is 0.120. The Bertz CT molecular complexity index is 1230. The number of amides is 1. The summed E-state index contributed by atoms with van der Waals surface area (Å²) in [4.78, 5) is 22.9. The summed E-state index contributed by atoms with van der Waals surface area (Å²) in [5.41, 5.74) is 7.01. The van der Waals surface area contributed by atoms with Crippen LogP contribution in [0.5, 0.6) is 0 Å². The summed E-state index contributed by atoms with van der Waals surface area (Å²) in [6, 6.07) is 18.5. The molecule has 182 valence electrons. The van der Waals surface area contributed by atoms with Crippen LogP contribution in [0.1, 0.15) is 83.4 Å². The fraction of sp³-hybridized carbons (Fsp3) is 0.484. The fourth-order valence-electron chi connectivity index (χ4n) is 7.11. The fourth-order valence-corrected chi connectivity index (χ4v) is 7.11. The van der Waals surface area contributed by atoms with Crippen molar-refractivity contribution in [3.05, 3.63) is 76.5 Å². The van der Waals surface area contributed by atoms with E-state index < -0.39 is 0 Å². The minimum Gasteiger partial charge on any atom is -0.341 e. The number of benzene rings is 2. The maximum Gasteiger partial charge on any atom is 0.254 e. The zero-order valence-corrected chi connectivity index (χ0v) is 21.3. The smallest absolute Gasteiger partial charge is 0.254 e. The molecular formula is C31H37N3O. The molecule has 0 N–H and O–H groups in total. The number of rotatable bonds is 5. The first kappa shape index (κ1) is 22.7. The number of aromatic nitrogens is 1. The van der Waals surface area contributed by atoms with Crippen LogP contribution in [0.25, 0.3) is 10.9 Å². The van der Waals surface area contributed by atoms with E-state index in [0.717, 1.165) is 40.2 Å². The summed E-state index contributed by atoms with van der Waals surface area (Å²) in [5.74, 6) is 1.51. The van der Waals surface area contributed by atoms with Crippen molar-refractivity contribution in [3.8, 4) is 0 Å². The van der Waals surface area contributed by atoms with Gasteiger partial charge in [0.1, 0.15) is 0 Å². The van der Waals surface area contributed by atoms with Crippen LogP contribution in [-0.4, -0.2) is 40.8 Å². The van der Waals surface area contributed by atoms with Gasteiger partial charge in [-0.3, -0.25) is 14.7 Å². The summed E-state index contributed by atoms with van der Waals surface area (Å²) >= 11 is 0. The second-order valence-corrected chi connectivity index (χ2v) is 11.3. The highest BCUT2D eigenvalue weighted by molar-refractivity contribution is 6.06. The third-order valence-corrected chi connectivity index (χ3v) is 8.97. The monoisotopic (exact) mass is 467 g/mol. The molecule has 3 aliphatic rings. The zero-order chi connectivity index (χ0) is 24.1. The van der Waals surface area contributed by atoms with Gasteiger partial charge in [0.05, 0.1) is 5.52 Å². The number of aryl methyl sites for hydroxylation is 2. The third kappa shape index (κ3) is 4.06. The molecule has 4 nitrogen and oxygen atoms in total. The SMILES string of the molecule is Cc1ccc2c(C(=O)N(C)CC3CCC(CN4[C@H]5CC[C@H]4c4ccccc45)CC3)ccc(C)c2n1. The Balaban J connectivity index is 1.06. The largest absolute Gasteiger partial charge is 0.341 e. The number of carbonyl (C=O) groups is 1. The van der Waals surface area contributed by atoms with Gasteiger partial charge in [0.15, 0.2) is 0 Å². The molecule has 35 heavy (non-hydrogen) atoms. The minimum atomic E-state index is 0.120. The van der Waals surface area contributed by atoms with Crippen LogP contribution in [0.15, 0.2) is 48.5 Å². The molecule has 2 bridgehead atoms. The standard InChI is InChI=1S/C31H37N3O/c1-20-8-14-27(26-15-9-21(2)32-30(20)26)31(35)33(3)18-22-10-12-23(13-11-22)19-34-28-16-17-29(34)25-7-5-4-6-24(25)28/h4-9,14-15,22-23,28-29H,10-13,16-19H2,1-3H3/t22?,23?,28-,29-/m0/s1. The molecule has 2 aromatic carbocycles. The van der Waals surface area contributed by atoms with Crippen molar-refractivity contribution in [2.24, 2.45) is 11.8 Å². The van der Waals surface area contributed by atoms with Crippen LogP contribution >= 0.6 is 0 Å². The van der Waals surface area contributed by atoms with Crippen LogP contribution in [0.4, 0.5) is 0 Å². The molecule has 3 heterocycles. The number of fused-ring (bicyclic) bond motifs is 6. The summed E-state index contributed by atoms with van der Waals surface area (Å²) < 4.78 is 0. The lowest BCUT2D eigenvalue weighted by Gasteiger charge is -2.34. The first-order valence-electron chi connectivity index (χ1n) is 13.5. The molecule has 0 radical (unpaired) electrons. The Morgan fingerprint density at radius 2 is 1.54 bits per heavy atom. The van der Waals surface area contributed by atoms with E-state index in [0.29, 0.717) is 18.0 Å². The normalized spacial score (nSPS) is 25.7. The molecule has 1 saturated carbocycles. The van der Waals surface area contributed by atoms with Gasteiger partial charge >= 0.3 is 0 Å². The molecule has 1 saturated heterocycles. The van der Waals surface area contributed by atoms with Crippen LogP contribution in [-0.2, 0) is 0 Å². The van der Waals surface area contributed by atoms with Crippen molar-refractivity contribution < 1.29 is 4.79 Å². The average molecular weight is 468 g/mol. The molecule has 6 rings (SSSR count). The van der Waals surface area contributed by atoms with Gasteiger partial charge in [-0.2, -0.15) is 0 Å². The highest BCUT2D eigenvalue weighted by Crippen LogP contribution is 2.53. The molecular weight excluding hydrogens is 430 g/mol. The number of pyridine rings is 1. The predicted octanol–water partition coefficient (Wildman–Crippen LogP) is 6.62. The Kier molecular flexibility index (Phi) is 5.88. The van der Waals surface area contributed by atoms with Crippen LogP contribution < -0.4 is 0 Å². The van der Waals surface area contributed by atoms with Gasteiger partial charge in [-0.1, -0.05) is 36.4 Å². The maximum atomic E-state index is 13.4. The van der Waals surface area contributed by atoms with Crippen molar-refractivity contribution in [3.63, 3.8) is 0 Å². The van der Waals surface area contributed by atoms with E-state index in [-0.39, 0.29) is 5.91 Å². The second-order valence-electron chi connectivity index (χ2n) is 11.3. The van der Waals surface area contributed by atoms with E-state index in [4.69, 9.17) is 4.98 Å². The molecule has 1 amide bonds. The molecule has 0 unspecified atom stereocenters. The lowest BCUT2D eigenvalue weighted by molar-refractivity contribution is 0.0745. The highest BCUT2D eigenvalue weighted by atomic mass is 16.2. The van der Waals surface area contributed by atoms with Crippen molar-refractivity contribution in [2.75, 3.05) is 20.1 Å². The molecule has 2 atom stereocenters. The maximum absolute atomic E-state index is 13.4. The molecule has 3 aromatic rings. The lowest BCUT2D eigenvalue weighted by atomic mass is 9.81. The van der Waals surface area contributed by atoms with Gasteiger partial charge in [-0.15, -0.1) is 0 Å². The summed E-state index contributed by atoms with van der Waals surface area (Å²) in [6.07, 6.45) is 7.69. The van der Waals surface area contributed by atoms with Crippen molar-refractivity contribution in [1.82, 2.24) is 14.8 Å². The first-order chi connectivity index (χ1) is 17.0. The Morgan fingerprint density at radius 1 is 0.886 bits per heavy atom. The van der Waals surface area contributed by atoms with E-state index in [1.165, 1.54) is 45.1 Å². The third-order valence-electron chi connectivity index (χ3n) is 8.97. The van der Waals surface area contributed by atoms with Crippen LogP contribution in [0, 0.1) is 25.7 Å². The van der Waals surface area contributed by atoms with Gasteiger partial charge in [-0.05, 0) is 93.0 Å². The number of hydrogen-bond donors (Lipinski definition) is 0. The van der Waals surface area contributed by atoms with E-state index in [1.54, 1.807) is 11.1 Å². The quantitative estimate of drug-likeness (QED) is 0.423. The highest BCUT2D eigenvalue weighted by Gasteiger charge is 2.44. The Labute approximate surface area is 209 Å². The summed E-state index contributed by atoms with van der Waals surface area (Å²) in [6.45, 7) is 6.16. The van der Waals surface area contributed by atoms with E-state index >= 15 is 0 Å². The zero-order valence-electron chi connectivity index (χ0n) is 21.3.